The SMILES string of the molecule is CCCC[C@@H](C)/C=C(C)/C=C(\C)C(=O)NC1=CC(O)(/C=C/C=C/C=C/C(=O)NC2=C(O)CCC2=O)[C@@H]2O[C@@H]2C1=O. The van der Waals surface area contributed by atoms with Gasteiger partial charge in [0.2, 0.25) is 11.7 Å². The molecule has 0 saturated carbocycles. The molecule has 0 bridgehead atoms. The Morgan fingerprint density at radius 3 is 2.55 bits per heavy atom. The number of epoxide rings is 1. The lowest BCUT2D eigenvalue weighted by molar-refractivity contribution is -0.121. The molecule has 1 saturated heterocycles. The Balaban J connectivity index is 1.60. The van der Waals surface area contributed by atoms with Crippen LogP contribution in [-0.2, 0) is 23.9 Å². The molecule has 3 rings (SSSR count). The predicted molar refractivity (Wildman–Crippen MR) is 151 cm³/mol. The van der Waals surface area contributed by atoms with E-state index in [0.29, 0.717) is 11.5 Å². The zero-order valence-corrected chi connectivity index (χ0v) is 23.4. The lowest BCUT2D eigenvalue weighted by Crippen LogP contribution is -2.42. The lowest BCUT2D eigenvalue weighted by Gasteiger charge is -2.23. The van der Waals surface area contributed by atoms with Gasteiger partial charge < -0.3 is 25.6 Å². The highest BCUT2D eigenvalue weighted by Gasteiger charge is 2.59. The van der Waals surface area contributed by atoms with E-state index in [1.807, 2.05) is 6.92 Å². The first kappa shape index (κ1) is 30.7. The number of Topliss-reactive ketones (excluding diaryl/α,β-unsaturated/α-hetero) is 2. The van der Waals surface area contributed by atoms with E-state index < -0.39 is 35.4 Å². The van der Waals surface area contributed by atoms with Crippen LogP contribution in [0.15, 0.2) is 83.0 Å². The Kier molecular flexibility index (Phi) is 10.4. The molecule has 2 aliphatic carbocycles. The van der Waals surface area contributed by atoms with E-state index in [4.69, 9.17) is 4.74 Å². The summed E-state index contributed by atoms with van der Waals surface area (Å²) in [6.45, 7) is 7.90. The number of nitrogens with one attached hydrogen (secondary N) is 2. The quantitative estimate of drug-likeness (QED) is 0.165. The highest BCUT2D eigenvalue weighted by molar-refractivity contribution is 6.07. The maximum atomic E-state index is 12.8. The van der Waals surface area contributed by atoms with Crippen molar-refractivity contribution in [1.29, 1.82) is 0 Å². The van der Waals surface area contributed by atoms with E-state index in [0.717, 1.165) is 24.8 Å². The molecular formula is C31H38N2O7. The van der Waals surface area contributed by atoms with Crippen LogP contribution in [0.5, 0.6) is 0 Å². The topological polar surface area (TPSA) is 145 Å². The van der Waals surface area contributed by atoms with Gasteiger partial charge in [0.1, 0.15) is 23.2 Å². The van der Waals surface area contributed by atoms with Gasteiger partial charge in [0.15, 0.2) is 11.9 Å². The number of carbonyl (C=O) groups is 4. The Morgan fingerprint density at radius 1 is 1.15 bits per heavy atom. The van der Waals surface area contributed by atoms with Crippen molar-refractivity contribution in [3.8, 4) is 0 Å². The Morgan fingerprint density at radius 2 is 1.88 bits per heavy atom. The van der Waals surface area contributed by atoms with Gasteiger partial charge in [-0.05, 0) is 38.3 Å². The van der Waals surface area contributed by atoms with Crippen molar-refractivity contribution in [3.05, 3.63) is 83.0 Å². The number of fused-ring (bicyclic) bond motifs is 1. The third kappa shape index (κ3) is 8.09. The minimum atomic E-state index is -1.61. The molecule has 214 valence electrons. The molecule has 0 aromatic carbocycles. The van der Waals surface area contributed by atoms with E-state index in [2.05, 4.69) is 30.6 Å². The monoisotopic (exact) mass is 550 g/mol. The maximum absolute atomic E-state index is 12.8. The summed E-state index contributed by atoms with van der Waals surface area (Å²) in [4.78, 5) is 49.0. The van der Waals surface area contributed by atoms with Crippen molar-refractivity contribution < 1.29 is 34.1 Å². The normalized spacial score (nSPS) is 26.1. The summed E-state index contributed by atoms with van der Waals surface area (Å²) in [5, 5.41) is 25.7. The first-order chi connectivity index (χ1) is 18.9. The van der Waals surface area contributed by atoms with Crippen molar-refractivity contribution in [3.63, 3.8) is 0 Å². The van der Waals surface area contributed by atoms with E-state index >= 15 is 0 Å². The molecule has 3 aliphatic rings. The zero-order valence-electron chi connectivity index (χ0n) is 23.4. The third-order valence-corrected chi connectivity index (χ3v) is 6.81. The second-order valence-corrected chi connectivity index (χ2v) is 10.4. The van der Waals surface area contributed by atoms with Crippen molar-refractivity contribution in [2.24, 2.45) is 5.92 Å². The van der Waals surface area contributed by atoms with Gasteiger partial charge in [-0.2, -0.15) is 0 Å². The smallest absolute Gasteiger partial charge is 0.251 e. The Bertz CT molecular complexity index is 1260. The molecule has 4 atom stereocenters. The van der Waals surface area contributed by atoms with Crippen LogP contribution in [0.2, 0.25) is 0 Å². The number of aliphatic hydroxyl groups excluding tert-OH is 1. The van der Waals surface area contributed by atoms with Gasteiger partial charge in [0.05, 0.1) is 5.70 Å². The van der Waals surface area contributed by atoms with Gasteiger partial charge in [-0.3, -0.25) is 19.2 Å². The highest BCUT2D eigenvalue weighted by atomic mass is 16.6. The number of hydrogen-bond donors (Lipinski definition) is 4. The summed E-state index contributed by atoms with van der Waals surface area (Å²) in [7, 11) is 0. The van der Waals surface area contributed by atoms with Crippen molar-refractivity contribution in [1.82, 2.24) is 10.6 Å². The zero-order chi connectivity index (χ0) is 29.4. The van der Waals surface area contributed by atoms with Gasteiger partial charge in [0, 0.05) is 24.5 Å². The Hall–Kier alpha value is -3.82. The molecule has 9 heteroatoms. The standard InChI is InChI=1S/C31H38N2O7/c1-5-6-11-19(2)16-20(3)17-21(4)30(38)32-22-18-31(39,29-28(40-29)27(22)37)15-10-8-7-9-12-25(36)33-26-23(34)13-14-24(26)35/h7-10,12,15-19,28-29,34,39H,5-6,11,13-14H2,1-4H3,(H,32,38)(H,33,36)/b8-7+,12-9+,15-10+,20-16+,21-17+/t19-,28-,29-,31?/m1/s1. The number of carbonyl (C=O) groups excluding carboxylic acids is 4. The minimum absolute atomic E-state index is 0.0267. The number of aliphatic hydroxyl groups is 2. The highest BCUT2D eigenvalue weighted by Crippen LogP contribution is 2.40. The largest absolute Gasteiger partial charge is 0.510 e. The maximum Gasteiger partial charge on any atom is 0.251 e. The molecule has 0 aromatic heterocycles. The van der Waals surface area contributed by atoms with Gasteiger partial charge in [-0.15, -0.1) is 0 Å². The fraction of sp³-hybridized carbons (Fsp3) is 0.419. The van der Waals surface area contributed by atoms with Crippen LogP contribution in [0.4, 0.5) is 0 Å². The summed E-state index contributed by atoms with van der Waals surface area (Å²) in [5.41, 5.74) is -0.310. The number of hydrogen-bond acceptors (Lipinski definition) is 7. The van der Waals surface area contributed by atoms with Crippen LogP contribution >= 0.6 is 0 Å². The van der Waals surface area contributed by atoms with Crippen LogP contribution in [0.3, 0.4) is 0 Å². The number of allylic oxidation sites excluding steroid dienone is 9. The fourth-order valence-electron chi connectivity index (χ4n) is 4.61. The van der Waals surface area contributed by atoms with Crippen molar-refractivity contribution in [2.75, 3.05) is 0 Å². The van der Waals surface area contributed by atoms with Gasteiger partial charge in [-0.25, -0.2) is 0 Å². The molecule has 2 amide bonds. The van der Waals surface area contributed by atoms with Gasteiger partial charge >= 0.3 is 0 Å². The summed E-state index contributed by atoms with van der Waals surface area (Å²) < 4.78 is 5.39. The summed E-state index contributed by atoms with van der Waals surface area (Å²) >= 11 is 0. The molecular weight excluding hydrogens is 512 g/mol. The second kappa shape index (κ2) is 13.5. The van der Waals surface area contributed by atoms with E-state index in [9.17, 15) is 29.4 Å². The molecule has 0 aromatic rings. The second-order valence-electron chi connectivity index (χ2n) is 10.4. The molecule has 1 fully saturated rings. The first-order valence-electron chi connectivity index (χ1n) is 13.6. The molecule has 0 radical (unpaired) electrons. The number of amides is 2. The van der Waals surface area contributed by atoms with Crippen LogP contribution in [0.25, 0.3) is 0 Å². The van der Waals surface area contributed by atoms with Crippen molar-refractivity contribution >= 4 is 23.4 Å². The van der Waals surface area contributed by atoms with Crippen LogP contribution in [0, 0.1) is 5.92 Å². The molecule has 0 spiro atoms. The van der Waals surface area contributed by atoms with Crippen LogP contribution < -0.4 is 10.6 Å². The van der Waals surface area contributed by atoms with Gasteiger partial charge in [0.25, 0.3) is 5.91 Å². The van der Waals surface area contributed by atoms with E-state index in [1.54, 1.807) is 19.1 Å². The number of ketones is 2. The van der Waals surface area contributed by atoms with Crippen LogP contribution in [0.1, 0.15) is 59.8 Å². The average molecular weight is 551 g/mol. The predicted octanol–water partition coefficient (Wildman–Crippen LogP) is 3.70. The molecule has 4 N–H and O–H groups in total. The first-order valence-corrected chi connectivity index (χ1v) is 13.6. The van der Waals surface area contributed by atoms with Crippen LogP contribution in [-0.4, -0.2) is 51.4 Å². The van der Waals surface area contributed by atoms with Gasteiger partial charge in [-0.1, -0.05) is 68.7 Å². The fourth-order valence-corrected chi connectivity index (χ4v) is 4.61. The molecule has 1 heterocycles. The third-order valence-electron chi connectivity index (χ3n) is 6.81. The minimum Gasteiger partial charge on any atom is -0.510 e. The summed E-state index contributed by atoms with van der Waals surface area (Å²) in [6, 6.07) is 0. The summed E-state index contributed by atoms with van der Waals surface area (Å²) in [6.07, 6.45) is 16.0. The molecule has 40 heavy (non-hydrogen) atoms. The lowest BCUT2D eigenvalue weighted by atomic mass is 9.88. The van der Waals surface area contributed by atoms with Crippen molar-refractivity contribution in [2.45, 2.75) is 77.6 Å². The Labute approximate surface area is 234 Å². The number of unbranched alkanes of at least 4 members (excludes halogenated alkanes) is 1. The van der Waals surface area contributed by atoms with E-state index in [-0.39, 0.29) is 35.8 Å². The molecule has 1 aliphatic heterocycles. The van der Waals surface area contributed by atoms with E-state index in [1.165, 1.54) is 36.5 Å². The molecule has 9 nitrogen and oxygen atoms in total. The number of ether oxygens (including phenoxy) is 1. The molecule has 1 unspecified atom stereocenters. The average Bonchev–Trinajstić information content (AvgIpc) is 3.66. The summed E-state index contributed by atoms with van der Waals surface area (Å²) in [5.74, 6) is -1.43. The number of rotatable bonds is 12.